The fourth-order valence-corrected chi connectivity index (χ4v) is 2.67. The van der Waals surface area contributed by atoms with Crippen LogP contribution in [-0.4, -0.2) is 13.2 Å². The molecule has 2 unspecified atom stereocenters. The van der Waals surface area contributed by atoms with E-state index in [0.717, 1.165) is 35.8 Å². The first kappa shape index (κ1) is 13.2. The first-order chi connectivity index (χ1) is 8.74. The SMILES string of the molecule is COc1cccc(CN)c1OC1CCCC(C)C1. The maximum absolute atomic E-state index is 6.16. The summed E-state index contributed by atoms with van der Waals surface area (Å²) in [5, 5.41) is 0. The second kappa shape index (κ2) is 6.10. The highest BCUT2D eigenvalue weighted by Gasteiger charge is 2.22. The Labute approximate surface area is 109 Å². The summed E-state index contributed by atoms with van der Waals surface area (Å²) in [4.78, 5) is 0. The van der Waals surface area contributed by atoms with Gasteiger partial charge in [0.25, 0.3) is 0 Å². The zero-order valence-electron chi connectivity index (χ0n) is 11.3. The Bertz CT molecular complexity index is 370. The molecule has 2 rings (SSSR count). The normalized spacial score (nSPS) is 23.7. The van der Waals surface area contributed by atoms with Gasteiger partial charge >= 0.3 is 0 Å². The molecule has 0 radical (unpaired) electrons. The van der Waals surface area contributed by atoms with E-state index in [0.29, 0.717) is 12.6 Å². The molecular formula is C15H23NO2. The lowest BCUT2D eigenvalue weighted by atomic mass is 9.88. The molecule has 1 aliphatic rings. The van der Waals surface area contributed by atoms with Crippen LogP contribution in [0, 0.1) is 5.92 Å². The molecule has 0 saturated heterocycles. The summed E-state index contributed by atoms with van der Waals surface area (Å²) in [6, 6.07) is 5.89. The van der Waals surface area contributed by atoms with E-state index in [2.05, 4.69) is 6.92 Å². The van der Waals surface area contributed by atoms with Crippen molar-refractivity contribution in [1.82, 2.24) is 0 Å². The van der Waals surface area contributed by atoms with Crippen LogP contribution in [0.3, 0.4) is 0 Å². The fraction of sp³-hybridized carbons (Fsp3) is 0.600. The topological polar surface area (TPSA) is 44.5 Å². The van der Waals surface area contributed by atoms with Crippen LogP contribution < -0.4 is 15.2 Å². The molecule has 0 heterocycles. The number of hydrogen-bond donors (Lipinski definition) is 1. The minimum Gasteiger partial charge on any atom is -0.493 e. The largest absolute Gasteiger partial charge is 0.493 e. The Morgan fingerprint density at radius 2 is 2.17 bits per heavy atom. The molecule has 2 atom stereocenters. The zero-order valence-corrected chi connectivity index (χ0v) is 11.3. The average molecular weight is 249 g/mol. The minimum absolute atomic E-state index is 0.301. The minimum atomic E-state index is 0.301. The second-order valence-electron chi connectivity index (χ2n) is 5.16. The van der Waals surface area contributed by atoms with Crippen LogP contribution in [0.4, 0.5) is 0 Å². The summed E-state index contributed by atoms with van der Waals surface area (Å²) in [6.45, 7) is 2.77. The predicted molar refractivity (Wildman–Crippen MR) is 72.9 cm³/mol. The Kier molecular flexibility index (Phi) is 4.48. The lowest BCUT2D eigenvalue weighted by Gasteiger charge is -2.28. The predicted octanol–water partition coefficient (Wildman–Crippen LogP) is 3.11. The van der Waals surface area contributed by atoms with Crippen molar-refractivity contribution in [2.24, 2.45) is 11.7 Å². The van der Waals surface area contributed by atoms with Gasteiger partial charge in [0, 0.05) is 12.1 Å². The number of para-hydroxylation sites is 1. The summed E-state index contributed by atoms with van der Waals surface area (Å²) < 4.78 is 11.5. The molecule has 100 valence electrons. The van der Waals surface area contributed by atoms with Crippen LogP contribution in [0.15, 0.2) is 18.2 Å². The van der Waals surface area contributed by atoms with Crippen molar-refractivity contribution in [2.45, 2.75) is 45.3 Å². The number of ether oxygens (including phenoxy) is 2. The standard InChI is InChI=1S/C15H23NO2/c1-11-5-3-7-13(9-11)18-15-12(10-16)6-4-8-14(15)17-2/h4,6,8,11,13H,3,5,7,9-10,16H2,1-2H3. The highest BCUT2D eigenvalue weighted by molar-refractivity contribution is 5.46. The lowest BCUT2D eigenvalue weighted by Crippen LogP contribution is -2.25. The first-order valence-electron chi connectivity index (χ1n) is 6.77. The van der Waals surface area contributed by atoms with E-state index >= 15 is 0 Å². The van der Waals surface area contributed by atoms with E-state index in [1.165, 1.54) is 12.8 Å². The molecule has 1 fully saturated rings. The third kappa shape index (κ3) is 2.96. The average Bonchev–Trinajstić information content (AvgIpc) is 2.39. The van der Waals surface area contributed by atoms with Gasteiger partial charge in [0.2, 0.25) is 0 Å². The summed E-state index contributed by atoms with van der Waals surface area (Å²) in [7, 11) is 1.67. The van der Waals surface area contributed by atoms with Gasteiger partial charge < -0.3 is 15.2 Å². The molecule has 3 heteroatoms. The maximum atomic E-state index is 6.16. The van der Waals surface area contributed by atoms with Gasteiger partial charge in [-0.25, -0.2) is 0 Å². The third-order valence-electron chi connectivity index (χ3n) is 3.67. The van der Waals surface area contributed by atoms with E-state index in [1.54, 1.807) is 7.11 Å². The summed E-state index contributed by atoms with van der Waals surface area (Å²) in [5.41, 5.74) is 6.79. The number of benzene rings is 1. The van der Waals surface area contributed by atoms with Gasteiger partial charge in [-0.2, -0.15) is 0 Å². The molecule has 0 bridgehead atoms. The monoisotopic (exact) mass is 249 g/mol. The summed E-state index contributed by atoms with van der Waals surface area (Å²) in [5.74, 6) is 2.37. The van der Waals surface area contributed by atoms with Gasteiger partial charge in [-0.05, 0) is 31.2 Å². The van der Waals surface area contributed by atoms with Gasteiger partial charge in [-0.15, -0.1) is 0 Å². The Balaban J connectivity index is 2.16. The Hall–Kier alpha value is -1.22. The van der Waals surface area contributed by atoms with E-state index in [4.69, 9.17) is 15.2 Å². The Morgan fingerprint density at radius 3 is 2.83 bits per heavy atom. The molecule has 0 aliphatic heterocycles. The molecule has 1 aromatic carbocycles. The van der Waals surface area contributed by atoms with Gasteiger partial charge in [-0.3, -0.25) is 0 Å². The quantitative estimate of drug-likeness (QED) is 0.891. The van der Waals surface area contributed by atoms with Gasteiger partial charge in [-0.1, -0.05) is 25.5 Å². The van der Waals surface area contributed by atoms with Crippen LogP contribution >= 0.6 is 0 Å². The maximum Gasteiger partial charge on any atom is 0.166 e. The smallest absolute Gasteiger partial charge is 0.166 e. The molecule has 0 spiro atoms. The highest BCUT2D eigenvalue weighted by Crippen LogP contribution is 2.35. The van der Waals surface area contributed by atoms with Crippen molar-refractivity contribution >= 4 is 0 Å². The molecule has 1 aliphatic carbocycles. The number of nitrogens with two attached hydrogens (primary N) is 1. The zero-order chi connectivity index (χ0) is 13.0. The summed E-state index contributed by atoms with van der Waals surface area (Å²) >= 11 is 0. The van der Waals surface area contributed by atoms with Crippen molar-refractivity contribution in [3.05, 3.63) is 23.8 Å². The molecule has 0 aromatic heterocycles. The highest BCUT2D eigenvalue weighted by atomic mass is 16.5. The molecule has 18 heavy (non-hydrogen) atoms. The van der Waals surface area contributed by atoms with Gasteiger partial charge in [0.15, 0.2) is 11.5 Å². The summed E-state index contributed by atoms with van der Waals surface area (Å²) in [6.07, 6.45) is 5.12. The second-order valence-corrected chi connectivity index (χ2v) is 5.16. The van der Waals surface area contributed by atoms with Crippen LogP contribution in [0.5, 0.6) is 11.5 Å². The van der Waals surface area contributed by atoms with Gasteiger partial charge in [0.05, 0.1) is 13.2 Å². The lowest BCUT2D eigenvalue weighted by molar-refractivity contribution is 0.124. The van der Waals surface area contributed by atoms with Crippen LogP contribution in [0.1, 0.15) is 38.2 Å². The molecule has 1 aromatic rings. The van der Waals surface area contributed by atoms with Crippen molar-refractivity contribution < 1.29 is 9.47 Å². The number of hydrogen-bond acceptors (Lipinski definition) is 3. The van der Waals surface area contributed by atoms with Gasteiger partial charge in [0.1, 0.15) is 0 Å². The van der Waals surface area contributed by atoms with Crippen molar-refractivity contribution in [3.63, 3.8) is 0 Å². The Morgan fingerprint density at radius 1 is 1.33 bits per heavy atom. The fourth-order valence-electron chi connectivity index (χ4n) is 2.67. The van der Waals surface area contributed by atoms with Crippen LogP contribution in [0.25, 0.3) is 0 Å². The van der Waals surface area contributed by atoms with Crippen molar-refractivity contribution in [1.29, 1.82) is 0 Å². The number of rotatable bonds is 4. The van der Waals surface area contributed by atoms with Crippen LogP contribution in [-0.2, 0) is 6.54 Å². The number of methoxy groups -OCH3 is 1. The van der Waals surface area contributed by atoms with E-state index in [9.17, 15) is 0 Å². The van der Waals surface area contributed by atoms with E-state index in [1.807, 2.05) is 18.2 Å². The molecule has 1 saturated carbocycles. The van der Waals surface area contributed by atoms with Crippen molar-refractivity contribution in [3.8, 4) is 11.5 Å². The van der Waals surface area contributed by atoms with E-state index in [-0.39, 0.29) is 0 Å². The van der Waals surface area contributed by atoms with Crippen molar-refractivity contribution in [2.75, 3.05) is 7.11 Å². The molecule has 2 N–H and O–H groups in total. The third-order valence-corrected chi connectivity index (χ3v) is 3.67. The molecule has 3 nitrogen and oxygen atoms in total. The first-order valence-corrected chi connectivity index (χ1v) is 6.77. The van der Waals surface area contributed by atoms with E-state index < -0.39 is 0 Å². The molecular weight excluding hydrogens is 226 g/mol. The molecule has 0 amide bonds. The van der Waals surface area contributed by atoms with Crippen LogP contribution in [0.2, 0.25) is 0 Å².